The van der Waals surface area contributed by atoms with E-state index in [1.165, 1.54) is 15.5 Å². The number of carbonyl (C=O) groups excluding carboxylic acids is 1. The minimum atomic E-state index is -0.620. The molecule has 12 heteroatoms. The third-order valence-electron chi connectivity index (χ3n) is 6.40. The first-order valence-corrected chi connectivity index (χ1v) is 13.4. The highest BCUT2D eigenvalue weighted by Gasteiger charge is 2.23. The molecule has 42 heavy (non-hydrogen) atoms. The Labute approximate surface area is 243 Å². The van der Waals surface area contributed by atoms with Crippen molar-refractivity contribution in [2.45, 2.75) is 38.9 Å². The van der Waals surface area contributed by atoms with Crippen LogP contribution in [0.25, 0.3) is 16.9 Å². The summed E-state index contributed by atoms with van der Waals surface area (Å²) in [5, 5.41) is 15.7. The van der Waals surface area contributed by atoms with Crippen molar-refractivity contribution in [3.05, 3.63) is 83.1 Å². The smallest absolute Gasteiger partial charge is 0.335 e. The van der Waals surface area contributed by atoms with Gasteiger partial charge in [0.2, 0.25) is 0 Å². The number of ether oxygens (including phenoxy) is 2. The number of fused-ring (bicyclic) bond motifs is 1. The largest absolute Gasteiger partial charge is 0.457 e. The molecule has 0 aliphatic carbocycles. The number of nitrogens with one attached hydrogen (secondary N) is 2. The van der Waals surface area contributed by atoms with Gasteiger partial charge in [-0.1, -0.05) is 18.2 Å². The molecule has 4 aromatic rings. The second kappa shape index (κ2) is 13.1. The highest BCUT2D eigenvalue weighted by Crippen LogP contribution is 2.25. The third-order valence-corrected chi connectivity index (χ3v) is 6.40. The molecule has 0 saturated heterocycles. The summed E-state index contributed by atoms with van der Waals surface area (Å²) in [6, 6.07) is 17.8. The standard InChI is InChI=1S/C30H34N8O4/c1-20(36-28(39)21(17-31)16-30(2,3)35-14-15-41-4)18-37-27-25(26(32)33-19-34-27)38(29(37)40)22-10-12-24(13-11-22)42-23-8-6-5-7-9-23/h5-13,16,19-20,35H,14-15,18H2,1-4H3,(H,36,39)(H2,32,33,34)/t20-/m0/s1. The maximum atomic E-state index is 13.7. The Kier molecular flexibility index (Phi) is 9.36. The van der Waals surface area contributed by atoms with Crippen molar-refractivity contribution in [3.63, 3.8) is 0 Å². The van der Waals surface area contributed by atoms with E-state index in [0.29, 0.717) is 41.5 Å². The van der Waals surface area contributed by atoms with Crippen molar-refractivity contribution in [3.8, 4) is 23.3 Å². The summed E-state index contributed by atoms with van der Waals surface area (Å²) in [5.41, 5.74) is 6.34. The Hall–Kier alpha value is -4.99. The number of amides is 1. The number of para-hydroxylation sites is 1. The maximum absolute atomic E-state index is 13.7. The fourth-order valence-corrected chi connectivity index (χ4v) is 4.45. The first-order valence-electron chi connectivity index (χ1n) is 13.4. The number of nitrogens with two attached hydrogens (primary N) is 1. The van der Waals surface area contributed by atoms with Crippen molar-refractivity contribution in [1.29, 1.82) is 5.26 Å². The van der Waals surface area contributed by atoms with Gasteiger partial charge in [0.1, 0.15) is 35.0 Å². The van der Waals surface area contributed by atoms with Gasteiger partial charge >= 0.3 is 5.69 Å². The molecule has 0 unspecified atom stereocenters. The molecule has 2 aromatic heterocycles. The van der Waals surface area contributed by atoms with Crippen LogP contribution in [0.4, 0.5) is 5.82 Å². The van der Waals surface area contributed by atoms with Crippen molar-refractivity contribution >= 4 is 22.9 Å². The molecule has 0 spiro atoms. The van der Waals surface area contributed by atoms with E-state index in [1.807, 2.05) is 50.2 Å². The lowest BCUT2D eigenvalue weighted by atomic mass is 10.0. The van der Waals surface area contributed by atoms with E-state index in [1.54, 1.807) is 44.4 Å². The molecule has 0 bridgehead atoms. The molecule has 0 aliphatic rings. The number of imidazole rings is 1. The number of methoxy groups -OCH3 is 1. The van der Waals surface area contributed by atoms with Crippen LogP contribution in [-0.4, -0.2) is 56.9 Å². The number of rotatable bonds is 12. The van der Waals surface area contributed by atoms with E-state index < -0.39 is 23.2 Å². The topological polar surface area (TPSA) is 162 Å². The van der Waals surface area contributed by atoms with E-state index in [-0.39, 0.29) is 17.9 Å². The van der Waals surface area contributed by atoms with Gasteiger partial charge < -0.3 is 25.8 Å². The number of nitrogen functional groups attached to an aromatic ring is 1. The second-order valence-electron chi connectivity index (χ2n) is 10.3. The van der Waals surface area contributed by atoms with Gasteiger partial charge in [-0.05, 0) is 63.2 Å². The Morgan fingerprint density at radius 2 is 1.83 bits per heavy atom. The van der Waals surface area contributed by atoms with E-state index in [9.17, 15) is 14.9 Å². The molecule has 2 aromatic carbocycles. The predicted molar refractivity (Wildman–Crippen MR) is 159 cm³/mol. The van der Waals surface area contributed by atoms with Crippen LogP contribution in [0, 0.1) is 11.3 Å². The lowest BCUT2D eigenvalue weighted by Crippen LogP contribution is -2.42. The summed E-state index contributed by atoms with van der Waals surface area (Å²) in [5.74, 6) is 0.871. The molecule has 1 atom stereocenters. The number of nitriles is 1. The van der Waals surface area contributed by atoms with Crippen LogP contribution in [0.5, 0.6) is 11.5 Å². The lowest BCUT2D eigenvalue weighted by molar-refractivity contribution is -0.117. The van der Waals surface area contributed by atoms with E-state index in [2.05, 4.69) is 20.6 Å². The molecule has 0 fully saturated rings. The molecule has 2 heterocycles. The van der Waals surface area contributed by atoms with Crippen LogP contribution < -0.4 is 26.8 Å². The van der Waals surface area contributed by atoms with Gasteiger partial charge in [0.15, 0.2) is 11.5 Å². The number of hydrogen-bond donors (Lipinski definition) is 3. The fourth-order valence-electron chi connectivity index (χ4n) is 4.45. The predicted octanol–water partition coefficient (Wildman–Crippen LogP) is 2.93. The Bertz CT molecular complexity index is 1670. The summed E-state index contributed by atoms with van der Waals surface area (Å²) in [6.07, 6.45) is 2.86. The fraction of sp³-hybridized carbons (Fsp3) is 0.300. The molecule has 4 N–H and O–H groups in total. The summed E-state index contributed by atoms with van der Waals surface area (Å²) >= 11 is 0. The van der Waals surface area contributed by atoms with Crippen LogP contribution >= 0.6 is 0 Å². The lowest BCUT2D eigenvalue weighted by Gasteiger charge is -2.23. The molecule has 12 nitrogen and oxygen atoms in total. The number of benzene rings is 2. The highest BCUT2D eigenvalue weighted by molar-refractivity contribution is 5.97. The zero-order chi connectivity index (χ0) is 30.3. The van der Waals surface area contributed by atoms with E-state index >= 15 is 0 Å². The van der Waals surface area contributed by atoms with Crippen LogP contribution in [-0.2, 0) is 16.1 Å². The minimum absolute atomic E-state index is 0.0454. The SMILES string of the molecule is COCCNC(C)(C)C=C(C#N)C(=O)N[C@@H](C)Cn1c(=O)n(-c2ccc(Oc3ccccc3)cc2)c2c(N)ncnc21. The number of aromatic nitrogens is 4. The number of nitrogens with zero attached hydrogens (tertiary/aromatic N) is 5. The van der Waals surface area contributed by atoms with Crippen molar-refractivity contribution in [2.75, 3.05) is 26.0 Å². The average Bonchev–Trinajstić information content (AvgIpc) is 3.24. The molecule has 0 radical (unpaired) electrons. The maximum Gasteiger partial charge on any atom is 0.335 e. The monoisotopic (exact) mass is 570 g/mol. The van der Waals surface area contributed by atoms with Crippen molar-refractivity contribution in [1.82, 2.24) is 29.7 Å². The molecule has 0 saturated carbocycles. The first-order chi connectivity index (χ1) is 20.1. The second-order valence-corrected chi connectivity index (χ2v) is 10.3. The normalized spacial score (nSPS) is 12.6. The van der Waals surface area contributed by atoms with Gasteiger partial charge in [-0.25, -0.2) is 14.8 Å². The van der Waals surface area contributed by atoms with Gasteiger partial charge in [-0.3, -0.25) is 13.9 Å². The molecule has 4 rings (SSSR count). The third kappa shape index (κ3) is 7.01. The minimum Gasteiger partial charge on any atom is -0.457 e. The van der Waals surface area contributed by atoms with Gasteiger partial charge in [-0.2, -0.15) is 5.26 Å². The molecular formula is C30H34N8O4. The zero-order valence-corrected chi connectivity index (χ0v) is 24.0. The molecule has 218 valence electrons. The Morgan fingerprint density at radius 3 is 2.50 bits per heavy atom. The summed E-state index contributed by atoms with van der Waals surface area (Å²) in [4.78, 5) is 35.1. The summed E-state index contributed by atoms with van der Waals surface area (Å²) in [6.45, 7) is 6.58. The number of carbonyl (C=O) groups is 1. The first kappa shape index (κ1) is 30.0. The van der Waals surface area contributed by atoms with Crippen molar-refractivity contribution < 1.29 is 14.3 Å². The molecule has 1 amide bonds. The Balaban J connectivity index is 1.58. The van der Waals surface area contributed by atoms with Crippen LogP contribution in [0.2, 0.25) is 0 Å². The van der Waals surface area contributed by atoms with Crippen molar-refractivity contribution in [2.24, 2.45) is 0 Å². The zero-order valence-electron chi connectivity index (χ0n) is 24.0. The van der Waals surface area contributed by atoms with Crippen LogP contribution in [0.3, 0.4) is 0 Å². The van der Waals surface area contributed by atoms with E-state index in [0.717, 1.165) is 0 Å². The quantitative estimate of drug-likeness (QED) is 0.132. The highest BCUT2D eigenvalue weighted by atomic mass is 16.5. The van der Waals surface area contributed by atoms with Crippen LogP contribution in [0.15, 0.2) is 77.4 Å². The Morgan fingerprint density at radius 1 is 1.14 bits per heavy atom. The van der Waals surface area contributed by atoms with Crippen LogP contribution in [0.1, 0.15) is 20.8 Å². The number of anilines is 1. The molecule has 0 aliphatic heterocycles. The average molecular weight is 571 g/mol. The summed E-state index contributed by atoms with van der Waals surface area (Å²) in [7, 11) is 1.60. The van der Waals surface area contributed by atoms with Gasteiger partial charge in [-0.15, -0.1) is 0 Å². The van der Waals surface area contributed by atoms with Gasteiger partial charge in [0.05, 0.1) is 12.3 Å². The molecular weight excluding hydrogens is 536 g/mol. The summed E-state index contributed by atoms with van der Waals surface area (Å²) < 4.78 is 13.8. The number of hydrogen-bond acceptors (Lipinski definition) is 9. The van der Waals surface area contributed by atoms with Gasteiger partial charge in [0, 0.05) is 31.8 Å². The van der Waals surface area contributed by atoms with Gasteiger partial charge in [0.25, 0.3) is 5.91 Å². The van der Waals surface area contributed by atoms with E-state index in [4.69, 9.17) is 15.2 Å².